The Hall–Kier alpha value is -1.40. The van der Waals surface area contributed by atoms with Gasteiger partial charge in [0, 0.05) is 24.9 Å². The van der Waals surface area contributed by atoms with Gasteiger partial charge >= 0.3 is 0 Å². The molecular weight excluding hydrogens is 210 g/mol. The Bertz CT molecular complexity index is 365. The third-order valence-corrected chi connectivity index (χ3v) is 2.90. The summed E-state index contributed by atoms with van der Waals surface area (Å²) in [6.07, 6.45) is 3.70. The minimum atomic E-state index is -0.223. The van der Waals surface area contributed by atoms with E-state index in [1.165, 1.54) is 0 Å². The molecule has 1 aromatic heterocycles. The summed E-state index contributed by atoms with van der Waals surface area (Å²) < 4.78 is 0. The van der Waals surface area contributed by atoms with Gasteiger partial charge in [0.15, 0.2) is 0 Å². The molecule has 0 aliphatic carbocycles. The fourth-order valence-corrected chi connectivity index (χ4v) is 1.49. The topological polar surface area (TPSA) is 39.9 Å². The standard InChI is InChI=1S/C14H21N3/c1-14(2,12-15)8-11-17(3)10-7-13-6-4-5-9-16-13/h4-6,9H,7-8,10-11H2,1-3H3. The molecule has 1 rings (SSSR count). The largest absolute Gasteiger partial charge is 0.306 e. The van der Waals surface area contributed by atoms with Gasteiger partial charge in [0.05, 0.1) is 11.5 Å². The van der Waals surface area contributed by atoms with E-state index in [4.69, 9.17) is 5.26 Å². The molecular formula is C14H21N3. The molecule has 0 amide bonds. The van der Waals surface area contributed by atoms with Crippen LogP contribution in [-0.4, -0.2) is 30.0 Å². The summed E-state index contributed by atoms with van der Waals surface area (Å²) in [5, 5.41) is 8.94. The number of hydrogen-bond acceptors (Lipinski definition) is 3. The second-order valence-electron chi connectivity index (χ2n) is 5.12. The smallest absolute Gasteiger partial charge is 0.0684 e. The van der Waals surface area contributed by atoms with Crippen LogP contribution in [0.1, 0.15) is 26.0 Å². The zero-order valence-corrected chi connectivity index (χ0v) is 11.0. The van der Waals surface area contributed by atoms with E-state index >= 15 is 0 Å². The van der Waals surface area contributed by atoms with E-state index in [2.05, 4.69) is 23.0 Å². The summed E-state index contributed by atoms with van der Waals surface area (Å²) in [6, 6.07) is 8.33. The van der Waals surface area contributed by atoms with Crippen molar-refractivity contribution in [3.63, 3.8) is 0 Å². The zero-order valence-electron chi connectivity index (χ0n) is 11.0. The molecule has 3 heteroatoms. The highest BCUT2D eigenvalue weighted by molar-refractivity contribution is 5.03. The van der Waals surface area contributed by atoms with Crippen molar-refractivity contribution in [3.05, 3.63) is 30.1 Å². The number of aromatic nitrogens is 1. The number of nitriles is 1. The van der Waals surface area contributed by atoms with Gasteiger partial charge in [0.1, 0.15) is 0 Å². The van der Waals surface area contributed by atoms with Crippen molar-refractivity contribution in [2.75, 3.05) is 20.1 Å². The molecule has 0 atom stereocenters. The Morgan fingerprint density at radius 2 is 2.12 bits per heavy atom. The average Bonchev–Trinajstić information content (AvgIpc) is 2.35. The van der Waals surface area contributed by atoms with Gasteiger partial charge in [-0.15, -0.1) is 0 Å². The third kappa shape index (κ3) is 5.46. The van der Waals surface area contributed by atoms with Crippen molar-refractivity contribution in [1.29, 1.82) is 5.26 Å². The molecule has 0 spiro atoms. The molecule has 0 saturated heterocycles. The Morgan fingerprint density at radius 3 is 2.71 bits per heavy atom. The molecule has 17 heavy (non-hydrogen) atoms. The van der Waals surface area contributed by atoms with Crippen LogP contribution in [0.5, 0.6) is 0 Å². The van der Waals surface area contributed by atoms with E-state index in [-0.39, 0.29) is 5.41 Å². The van der Waals surface area contributed by atoms with Gasteiger partial charge in [0.2, 0.25) is 0 Å². The van der Waals surface area contributed by atoms with Gasteiger partial charge in [-0.25, -0.2) is 0 Å². The molecule has 0 N–H and O–H groups in total. The summed E-state index contributed by atoms with van der Waals surface area (Å²) in [6.45, 7) is 5.91. The first-order chi connectivity index (χ1) is 8.03. The lowest BCUT2D eigenvalue weighted by Crippen LogP contribution is -2.26. The first kappa shape index (κ1) is 13.7. The second kappa shape index (κ2) is 6.36. The zero-order chi connectivity index (χ0) is 12.7. The van der Waals surface area contributed by atoms with E-state index in [0.717, 1.165) is 31.6 Å². The second-order valence-corrected chi connectivity index (χ2v) is 5.12. The molecule has 0 radical (unpaired) electrons. The Balaban J connectivity index is 2.27. The van der Waals surface area contributed by atoms with Crippen molar-refractivity contribution < 1.29 is 0 Å². The Labute approximate surface area is 104 Å². The molecule has 3 nitrogen and oxygen atoms in total. The summed E-state index contributed by atoms with van der Waals surface area (Å²) in [4.78, 5) is 6.55. The number of pyridine rings is 1. The van der Waals surface area contributed by atoms with Crippen LogP contribution in [0.3, 0.4) is 0 Å². The lowest BCUT2D eigenvalue weighted by Gasteiger charge is -2.21. The normalized spacial score (nSPS) is 11.5. The fraction of sp³-hybridized carbons (Fsp3) is 0.571. The van der Waals surface area contributed by atoms with E-state index in [1.54, 1.807) is 0 Å². The molecule has 1 heterocycles. The van der Waals surface area contributed by atoms with Crippen molar-refractivity contribution in [1.82, 2.24) is 9.88 Å². The van der Waals surface area contributed by atoms with E-state index in [1.807, 2.05) is 38.2 Å². The third-order valence-electron chi connectivity index (χ3n) is 2.90. The summed E-state index contributed by atoms with van der Waals surface area (Å²) >= 11 is 0. The molecule has 0 aromatic carbocycles. The van der Waals surface area contributed by atoms with Crippen molar-refractivity contribution in [3.8, 4) is 6.07 Å². The first-order valence-corrected chi connectivity index (χ1v) is 6.03. The molecule has 0 aliphatic heterocycles. The first-order valence-electron chi connectivity index (χ1n) is 6.03. The highest BCUT2D eigenvalue weighted by atomic mass is 15.1. The van der Waals surface area contributed by atoms with Crippen LogP contribution in [-0.2, 0) is 6.42 Å². The lowest BCUT2D eigenvalue weighted by atomic mass is 9.91. The quantitative estimate of drug-likeness (QED) is 0.755. The predicted molar refractivity (Wildman–Crippen MR) is 69.4 cm³/mol. The predicted octanol–water partition coefficient (Wildman–Crippen LogP) is 2.50. The van der Waals surface area contributed by atoms with Crippen LogP contribution in [0.25, 0.3) is 0 Å². The maximum atomic E-state index is 8.94. The van der Waals surface area contributed by atoms with Gasteiger partial charge in [-0.1, -0.05) is 6.07 Å². The molecule has 0 aliphatic rings. The van der Waals surface area contributed by atoms with Crippen LogP contribution >= 0.6 is 0 Å². The summed E-state index contributed by atoms with van der Waals surface area (Å²) in [5.74, 6) is 0. The van der Waals surface area contributed by atoms with E-state index < -0.39 is 0 Å². The SMILES string of the molecule is CN(CCc1ccccn1)CCC(C)(C)C#N. The molecule has 92 valence electrons. The van der Waals surface area contributed by atoms with Crippen molar-refractivity contribution in [2.45, 2.75) is 26.7 Å². The summed E-state index contributed by atoms with van der Waals surface area (Å²) in [5.41, 5.74) is 0.901. The molecule has 0 unspecified atom stereocenters. The van der Waals surface area contributed by atoms with Gasteiger partial charge in [0.25, 0.3) is 0 Å². The van der Waals surface area contributed by atoms with Gasteiger partial charge < -0.3 is 4.90 Å². The van der Waals surface area contributed by atoms with Gasteiger partial charge in [-0.05, 0) is 46.0 Å². The highest BCUT2D eigenvalue weighted by Crippen LogP contribution is 2.18. The number of likely N-dealkylation sites (N-methyl/N-ethyl adjacent to an activating group) is 1. The van der Waals surface area contributed by atoms with Crippen LogP contribution in [0.15, 0.2) is 24.4 Å². The monoisotopic (exact) mass is 231 g/mol. The highest BCUT2D eigenvalue weighted by Gasteiger charge is 2.16. The number of nitrogens with zero attached hydrogens (tertiary/aromatic N) is 3. The maximum Gasteiger partial charge on any atom is 0.0684 e. The van der Waals surface area contributed by atoms with Crippen LogP contribution < -0.4 is 0 Å². The molecule has 1 aromatic rings. The minimum absolute atomic E-state index is 0.223. The Kier molecular flexibility index (Phi) is 5.11. The molecule has 0 bridgehead atoms. The lowest BCUT2D eigenvalue weighted by molar-refractivity contribution is 0.288. The van der Waals surface area contributed by atoms with Crippen LogP contribution in [0, 0.1) is 16.7 Å². The molecule has 0 fully saturated rings. The van der Waals surface area contributed by atoms with Gasteiger partial charge in [-0.2, -0.15) is 5.26 Å². The minimum Gasteiger partial charge on any atom is -0.306 e. The van der Waals surface area contributed by atoms with Crippen LogP contribution in [0.4, 0.5) is 0 Å². The van der Waals surface area contributed by atoms with Crippen molar-refractivity contribution in [2.24, 2.45) is 5.41 Å². The summed E-state index contributed by atoms with van der Waals surface area (Å²) in [7, 11) is 2.09. The number of rotatable bonds is 6. The number of hydrogen-bond donors (Lipinski definition) is 0. The Morgan fingerprint density at radius 1 is 1.35 bits per heavy atom. The van der Waals surface area contributed by atoms with E-state index in [0.29, 0.717) is 0 Å². The maximum absolute atomic E-state index is 8.94. The van der Waals surface area contributed by atoms with E-state index in [9.17, 15) is 0 Å². The average molecular weight is 231 g/mol. The fourth-order valence-electron chi connectivity index (χ4n) is 1.49. The molecule has 0 saturated carbocycles. The van der Waals surface area contributed by atoms with Gasteiger partial charge in [-0.3, -0.25) is 4.98 Å². The van der Waals surface area contributed by atoms with Crippen molar-refractivity contribution >= 4 is 0 Å². The van der Waals surface area contributed by atoms with Crippen LogP contribution in [0.2, 0.25) is 0 Å².